The zero-order valence-electron chi connectivity index (χ0n) is 14.0. The van der Waals surface area contributed by atoms with Crippen LogP contribution in [0.5, 0.6) is 5.75 Å². The van der Waals surface area contributed by atoms with Crippen molar-refractivity contribution >= 4 is 40.0 Å². The summed E-state index contributed by atoms with van der Waals surface area (Å²) in [6.07, 6.45) is 4.36. The summed E-state index contributed by atoms with van der Waals surface area (Å²) in [6.45, 7) is 0. The summed E-state index contributed by atoms with van der Waals surface area (Å²) in [4.78, 5) is 27.8. The van der Waals surface area contributed by atoms with Crippen molar-refractivity contribution in [3.63, 3.8) is 0 Å². The quantitative estimate of drug-likeness (QED) is 0.407. The third-order valence-corrected chi connectivity index (χ3v) is 4.07. The molecule has 1 N–H and O–H groups in total. The molecule has 0 bridgehead atoms. The molecule has 0 aliphatic heterocycles. The van der Waals surface area contributed by atoms with Crippen LogP contribution in [0.3, 0.4) is 0 Å². The number of phenols is 1. The first kappa shape index (κ1) is 18.5. The highest BCUT2D eigenvalue weighted by Gasteiger charge is 2.30. The van der Waals surface area contributed by atoms with E-state index < -0.39 is 37.6 Å². The molecule has 28 heavy (non-hydrogen) atoms. The monoisotopic (exact) mass is 381 g/mol. The minimum atomic E-state index is -1.21. The average Bonchev–Trinajstić information content (AvgIpc) is 3.07. The van der Waals surface area contributed by atoms with E-state index in [4.69, 9.17) is 5.11 Å². The molecule has 10 heteroatoms. The third kappa shape index (κ3) is 3.33. The normalized spacial score (nSPS) is 11.0. The second-order valence-electron chi connectivity index (χ2n) is 5.73. The van der Waals surface area contributed by atoms with Crippen molar-refractivity contribution in [2.45, 2.75) is 0 Å². The Morgan fingerprint density at radius 3 is 1.57 bits per heavy atom. The maximum absolute atomic E-state index is 10.4. The van der Waals surface area contributed by atoms with Gasteiger partial charge in [0, 0.05) is 0 Å². The highest BCUT2D eigenvalue weighted by Crippen LogP contribution is 2.39. The van der Waals surface area contributed by atoms with E-state index in [1.807, 2.05) is 0 Å². The fourth-order valence-corrected chi connectivity index (χ4v) is 2.83. The second kappa shape index (κ2) is 7.11. The van der Waals surface area contributed by atoms with Crippen LogP contribution in [0, 0.1) is 30.3 Å². The van der Waals surface area contributed by atoms with E-state index in [1.54, 1.807) is 0 Å². The largest absolute Gasteiger partial charge is 0.497 e. The van der Waals surface area contributed by atoms with Crippen molar-refractivity contribution in [2.24, 2.45) is 0 Å². The van der Waals surface area contributed by atoms with Crippen molar-refractivity contribution < 1.29 is 19.9 Å². The zero-order chi connectivity index (χ0) is 20.4. The van der Waals surface area contributed by atoms with Gasteiger partial charge in [0.25, 0.3) is 11.4 Å². The first-order valence-corrected chi connectivity index (χ1v) is 7.79. The van der Waals surface area contributed by atoms with Gasteiger partial charge in [0.2, 0.25) is 0 Å². The lowest BCUT2D eigenvalue weighted by atomic mass is 10.0. The van der Waals surface area contributed by atoms with Gasteiger partial charge in [0.1, 0.15) is 0 Å². The number of nitro benzene ring substituents is 3. The minimum absolute atomic E-state index is 0.447. The SMILES string of the molecule is C1=Cc2cccc3cccc1c23.O=[N+]([O-])c1cc([N+](=O)[O-])c(O)c([N+](=O)[O-])c1. The first-order chi connectivity index (χ1) is 13.3. The number of nitro groups is 3. The van der Waals surface area contributed by atoms with E-state index in [9.17, 15) is 30.3 Å². The van der Waals surface area contributed by atoms with Gasteiger partial charge in [-0.1, -0.05) is 48.6 Å². The topological polar surface area (TPSA) is 150 Å². The van der Waals surface area contributed by atoms with E-state index in [2.05, 4.69) is 48.6 Å². The number of aromatic hydroxyl groups is 1. The summed E-state index contributed by atoms with van der Waals surface area (Å²) in [5, 5.41) is 43.0. The highest BCUT2D eigenvalue weighted by atomic mass is 16.6. The number of nitrogens with zero attached hydrogens (tertiary/aromatic N) is 3. The predicted octanol–water partition coefficient (Wildman–Crippen LogP) is 4.44. The summed E-state index contributed by atoms with van der Waals surface area (Å²) >= 11 is 0. The molecule has 140 valence electrons. The summed E-state index contributed by atoms with van der Waals surface area (Å²) < 4.78 is 0. The lowest BCUT2D eigenvalue weighted by molar-refractivity contribution is -0.404. The fourth-order valence-electron chi connectivity index (χ4n) is 2.83. The molecule has 0 amide bonds. The molecule has 0 fully saturated rings. The lowest BCUT2D eigenvalue weighted by Gasteiger charge is -1.99. The maximum Gasteiger partial charge on any atom is 0.324 e. The highest BCUT2D eigenvalue weighted by molar-refractivity contribution is 6.04. The van der Waals surface area contributed by atoms with Crippen LogP contribution in [0.4, 0.5) is 17.1 Å². The molecule has 0 radical (unpaired) electrons. The average molecular weight is 381 g/mol. The molecule has 0 unspecified atom stereocenters. The molecule has 1 aliphatic rings. The Hall–Kier alpha value is -4.34. The summed E-state index contributed by atoms with van der Waals surface area (Å²) in [5.41, 5.74) is -0.302. The van der Waals surface area contributed by atoms with Gasteiger partial charge in [-0.3, -0.25) is 30.3 Å². The van der Waals surface area contributed by atoms with Crippen LogP contribution in [0.2, 0.25) is 0 Å². The van der Waals surface area contributed by atoms with Crippen molar-refractivity contribution in [2.75, 3.05) is 0 Å². The molecular weight excluding hydrogens is 370 g/mol. The van der Waals surface area contributed by atoms with Crippen LogP contribution in [-0.4, -0.2) is 19.9 Å². The molecule has 0 saturated heterocycles. The second-order valence-corrected chi connectivity index (χ2v) is 5.73. The predicted molar refractivity (Wildman–Crippen MR) is 101 cm³/mol. The summed E-state index contributed by atoms with van der Waals surface area (Å²) in [6, 6.07) is 13.8. The van der Waals surface area contributed by atoms with Crippen molar-refractivity contribution in [1.82, 2.24) is 0 Å². The van der Waals surface area contributed by atoms with Crippen molar-refractivity contribution in [1.29, 1.82) is 0 Å². The Labute approximate surface area is 156 Å². The van der Waals surface area contributed by atoms with Crippen LogP contribution in [0.25, 0.3) is 22.9 Å². The number of hydrogen-bond donors (Lipinski definition) is 1. The van der Waals surface area contributed by atoms with Gasteiger partial charge >= 0.3 is 11.4 Å². The fraction of sp³-hybridized carbons (Fsp3) is 0. The van der Waals surface area contributed by atoms with Gasteiger partial charge in [-0.2, -0.15) is 0 Å². The number of rotatable bonds is 3. The third-order valence-electron chi connectivity index (χ3n) is 4.07. The smallest absolute Gasteiger partial charge is 0.324 e. The Morgan fingerprint density at radius 2 is 1.18 bits per heavy atom. The van der Waals surface area contributed by atoms with E-state index in [0.717, 1.165) is 0 Å². The first-order valence-electron chi connectivity index (χ1n) is 7.79. The van der Waals surface area contributed by atoms with E-state index in [-0.39, 0.29) is 0 Å². The maximum atomic E-state index is 10.4. The van der Waals surface area contributed by atoms with Gasteiger partial charge < -0.3 is 5.11 Å². The van der Waals surface area contributed by atoms with Crippen LogP contribution < -0.4 is 0 Å². The van der Waals surface area contributed by atoms with Gasteiger partial charge in [-0.05, 0) is 21.9 Å². The molecule has 4 rings (SSSR count). The van der Waals surface area contributed by atoms with Gasteiger partial charge in [-0.15, -0.1) is 0 Å². The molecule has 3 aromatic carbocycles. The molecule has 0 aromatic heterocycles. The van der Waals surface area contributed by atoms with E-state index in [0.29, 0.717) is 12.1 Å². The number of non-ortho nitro benzene ring substituents is 1. The van der Waals surface area contributed by atoms with Gasteiger partial charge in [0.15, 0.2) is 0 Å². The molecular formula is C18H11N3O7. The molecule has 10 nitrogen and oxygen atoms in total. The van der Waals surface area contributed by atoms with Gasteiger partial charge in [0.05, 0.1) is 26.9 Å². The van der Waals surface area contributed by atoms with Crippen LogP contribution in [0.1, 0.15) is 11.1 Å². The number of phenolic OH excluding ortho intramolecular Hbond substituents is 1. The van der Waals surface area contributed by atoms with Crippen LogP contribution >= 0.6 is 0 Å². The summed E-state index contributed by atoms with van der Waals surface area (Å²) in [5.74, 6) is -1.21. The molecule has 3 aromatic rings. The Kier molecular flexibility index (Phi) is 4.69. The van der Waals surface area contributed by atoms with Crippen molar-refractivity contribution in [3.8, 4) is 5.75 Å². The Bertz CT molecular complexity index is 1100. The van der Waals surface area contributed by atoms with Crippen molar-refractivity contribution in [3.05, 3.63) is 90.0 Å². The Morgan fingerprint density at radius 1 is 0.714 bits per heavy atom. The minimum Gasteiger partial charge on any atom is -0.497 e. The molecule has 0 heterocycles. The van der Waals surface area contributed by atoms with Crippen LogP contribution in [0.15, 0.2) is 48.5 Å². The van der Waals surface area contributed by atoms with Crippen LogP contribution in [-0.2, 0) is 0 Å². The molecule has 0 spiro atoms. The van der Waals surface area contributed by atoms with E-state index in [1.165, 1.54) is 21.9 Å². The lowest BCUT2D eigenvalue weighted by Crippen LogP contribution is -1.97. The molecule has 0 atom stereocenters. The number of benzene rings is 3. The zero-order valence-corrected chi connectivity index (χ0v) is 14.0. The molecule has 1 aliphatic carbocycles. The number of hydrogen-bond acceptors (Lipinski definition) is 7. The van der Waals surface area contributed by atoms with E-state index >= 15 is 0 Å². The molecule has 0 saturated carbocycles. The van der Waals surface area contributed by atoms with Gasteiger partial charge in [-0.25, -0.2) is 0 Å². The Balaban J connectivity index is 0.000000166. The summed E-state index contributed by atoms with van der Waals surface area (Å²) in [7, 11) is 0. The standard InChI is InChI=1S/C12H8.C6H3N3O7/c1-3-9-4-2-6-11-8-7-10(5-1)12(9)11;10-6-4(8(13)14)1-3(7(11)12)2-5(6)9(15)16/h1-8H;1-2,10H.